The molecule has 1 fully saturated rings. The highest BCUT2D eigenvalue weighted by Gasteiger charge is 2.18. The van der Waals surface area contributed by atoms with E-state index in [0.717, 1.165) is 41.9 Å². The highest BCUT2D eigenvalue weighted by molar-refractivity contribution is 5.85. The lowest BCUT2D eigenvalue weighted by atomic mass is 10.1. The first-order valence-electron chi connectivity index (χ1n) is 9.53. The number of benzene rings is 2. The summed E-state index contributed by atoms with van der Waals surface area (Å²) >= 11 is 0. The molecule has 0 aromatic heterocycles. The fourth-order valence-electron chi connectivity index (χ4n) is 3.17. The topological polar surface area (TPSA) is 73.6 Å². The molecule has 3 N–H and O–H groups in total. The van der Waals surface area contributed by atoms with Gasteiger partial charge in [-0.3, -0.25) is 4.79 Å². The number of amides is 1. The number of aryl methyl sites for hydroxylation is 1. The van der Waals surface area contributed by atoms with Gasteiger partial charge in [0.1, 0.15) is 12.4 Å². The molecule has 1 aliphatic rings. The molecule has 2 aromatic rings. The maximum Gasteiger partial charge on any atom is 0.237 e. The number of carbonyl (C=O) groups excluding carboxylic acids is 1. The fraction of sp³-hybridized carbons (Fsp3) is 0.409. The van der Waals surface area contributed by atoms with Gasteiger partial charge in [0.05, 0.1) is 12.1 Å². The summed E-state index contributed by atoms with van der Waals surface area (Å²) in [5, 5.41) is 2.93. The molecule has 1 amide bonds. The van der Waals surface area contributed by atoms with E-state index >= 15 is 0 Å². The Labute approximate surface area is 173 Å². The summed E-state index contributed by atoms with van der Waals surface area (Å²) in [5.41, 5.74) is 9.17. The molecule has 1 unspecified atom stereocenters. The zero-order chi connectivity index (χ0) is 19.1. The molecule has 5 nitrogen and oxygen atoms in total. The number of nitrogens with two attached hydrogens (primary N) is 1. The van der Waals surface area contributed by atoms with E-state index in [1.807, 2.05) is 55.5 Å². The van der Waals surface area contributed by atoms with Gasteiger partial charge in [-0.1, -0.05) is 42.5 Å². The van der Waals surface area contributed by atoms with Crippen molar-refractivity contribution in [3.8, 4) is 5.75 Å². The minimum absolute atomic E-state index is 0. The number of ether oxygens (including phenoxy) is 2. The summed E-state index contributed by atoms with van der Waals surface area (Å²) in [7, 11) is 0. The highest BCUT2D eigenvalue weighted by Crippen LogP contribution is 2.22. The quantitative estimate of drug-likeness (QED) is 0.708. The minimum atomic E-state index is -0.575. The maximum absolute atomic E-state index is 12.4. The Bertz CT molecular complexity index is 749. The van der Waals surface area contributed by atoms with Crippen LogP contribution in [-0.4, -0.2) is 31.3 Å². The number of halogens is 1. The Kier molecular flexibility index (Phi) is 8.77. The van der Waals surface area contributed by atoms with Gasteiger partial charge in [-0.05, 0) is 43.4 Å². The third-order valence-corrected chi connectivity index (χ3v) is 4.76. The van der Waals surface area contributed by atoms with Crippen LogP contribution in [0.3, 0.4) is 0 Å². The molecule has 3 rings (SSSR count). The van der Waals surface area contributed by atoms with Crippen molar-refractivity contribution in [3.63, 3.8) is 0 Å². The maximum atomic E-state index is 12.4. The van der Waals surface area contributed by atoms with Crippen LogP contribution in [-0.2, 0) is 22.5 Å². The zero-order valence-corrected chi connectivity index (χ0v) is 17.0. The van der Waals surface area contributed by atoms with Crippen LogP contribution in [0.5, 0.6) is 5.75 Å². The third-order valence-electron chi connectivity index (χ3n) is 4.76. The van der Waals surface area contributed by atoms with Crippen LogP contribution >= 0.6 is 12.4 Å². The van der Waals surface area contributed by atoms with E-state index in [9.17, 15) is 4.79 Å². The molecule has 2 atom stereocenters. The molecule has 1 aliphatic heterocycles. The molecule has 0 spiro atoms. The molecule has 0 aliphatic carbocycles. The average Bonchev–Trinajstić information content (AvgIpc) is 3.19. The summed E-state index contributed by atoms with van der Waals surface area (Å²) in [6.07, 6.45) is 2.80. The standard InChI is InChI=1S/C22H28N2O3.ClH/c1-16-9-10-18(21(12-16)27-15-19-8-5-11-26-19)14-24-22(25)20(23)13-17-6-3-2-4-7-17;/h2-4,6-7,9-10,12,19-20H,5,8,11,13-15,23H2,1H3,(H,24,25);1H/t19?,20-;/m0./s1. The van der Waals surface area contributed by atoms with Crippen molar-refractivity contribution in [2.75, 3.05) is 13.2 Å². The molecular weight excluding hydrogens is 376 g/mol. The number of rotatable bonds is 8. The van der Waals surface area contributed by atoms with Gasteiger partial charge in [0.2, 0.25) is 5.91 Å². The van der Waals surface area contributed by atoms with Crippen LogP contribution in [0.25, 0.3) is 0 Å². The van der Waals surface area contributed by atoms with Gasteiger partial charge in [0.15, 0.2) is 0 Å². The molecule has 1 saturated heterocycles. The van der Waals surface area contributed by atoms with Crippen molar-refractivity contribution in [2.45, 2.75) is 44.9 Å². The Balaban J connectivity index is 0.00000280. The zero-order valence-electron chi connectivity index (χ0n) is 16.2. The van der Waals surface area contributed by atoms with Crippen LogP contribution in [0.15, 0.2) is 48.5 Å². The summed E-state index contributed by atoms with van der Waals surface area (Å²) in [6, 6.07) is 15.2. The number of hydrogen-bond acceptors (Lipinski definition) is 4. The van der Waals surface area contributed by atoms with Crippen molar-refractivity contribution in [3.05, 3.63) is 65.2 Å². The molecule has 0 saturated carbocycles. The Hall–Kier alpha value is -2.08. The van der Waals surface area contributed by atoms with Gasteiger partial charge in [0.25, 0.3) is 0 Å². The molecular formula is C22H29ClN2O3. The van der Waals surface area contributed by atoms with Crippen LogP contribution in [0, 0.1) is 6.92 Å². The first-order valence-corrected chi connectivity index (χ1v) is 9.53. The van der Waals surface area contributed by atoms with Crippen LogP contribution in [0.1, 0.15) is 29.5 Å². The summed E-state index contributed by atoms with van der Waals surface area (Å²) in [5.74, 6) is 0.631. The number of hydrogen-bond donors (Lipinski definition) is 2. The van der Waals surface area contributed by atoms with E-state index in [4.69, 9.17) is 15.2 Å². The summed E-state index contributed by atoms with van der Waals surface area (Å²) in [6.45, 7) is 3.77. The predicted octanol–water partition coefficient (Wildman–Crippen LogP) is 3.16. The summed E-state index contributed by atoms with van der Waals surface area (Å²) in [4.78, 5) is 12.4. The molecule has 1 heterocycles. The Morgan fingerprint density at radius 3 is 2.79 bits per heavy atom. The Morgan fingerprint density at radius 1 is 1.29 bits per heavy atom. The van der Waals surface area contributed by atoms with Gasteiger partial charge in [-0.25, -0.2) is 0 Å². The largest absolute Gasteiger partial charge is 0.491 e. The van der Waals surface area contributed by atoms with Crippen molar-refractivity contribution >= 4 is 18.3 Å². The SMILES string of the molecule is Cc1ccc(CNC(=O)[C@@H](N)Cc2ccccc2)c(OCC2CCCO2)c1.Cl. The van der Waals surface area contributed by atoms with Crippen molar-refractivity contribution in [1.82, 2.24) is 5.32 Å². The van der Waals surface area contributed by atoms with E-state index in [1.54, 1.807) is 0 Å². The number of nitrogens with one attached hydrogen (secondary N) is 1. The van der Waals surface area contributed by atoms with E-state index in [2.05, 4.69) is 5.32 Å². The van der Waals surface area contributed by atoms with Crippen molar-refractivity contribution in [1.29, 1.82) is 0 Å². The molecule has 152 valence electrons. The normalized spacial score (nSPS) is 16.9. The van der Waals surface area contributed by atoms with Gasteiger partial charge in [0, 0.05) is 18.7 Å². The second-order valence-corrected chi connectivity index (χ2v) is 7.07. The van der Waals surface area contributed by atoms with Gasteiger partial charge in [-0.2, -0.15) is 0 Å². The molecule has 0 radical (unpaired) electrons. The molecule has 28 heavy (non-hydrogen) atoms. The first-order chi connectivity index (χ1) is 13.1. The van der Waals surface area contributed by atoms with E-state index < -0.39 is 6.04 Å². The third kappa shape index (κ3) is 6.51. The second kappa shape index (κ2) is 11.1. The van der Waals surface area contributed by atoms with Crippen LogP contribution in [0.4, 0.5) is 0 Å². The molecule has 2 aromatic carbocycles. The predicted molar refractivity (Wildman–Crippen MR) is 113 cm³/mol. The Morgan fingerprint density at radius 2 is 2.07 bits per heavy atom. The van der Waals surface area contributed by atoms with Gasteiger partial charge in [-0.15, -0.1) is 12.4 Å². The van der Waals surface area contributed by atoms with Crippen molar-refractivity contribution < 1.29 is 14.3 Å². The lowest BCUT2D eigenvalue weighted by molar-refractivity contribution is -0.122. The minimum Gasteiger partial charge on any atom is -0.491 e. The van der Waals surface area contributed by atoms with E-state index in [1.165, 1.54) is 0 Å². The first kappa shape index (κ1) is 22.2. The van der Waals surface area contributed by atoms with Gasteiger partial charge < -0.3 is 20.5 Å². The number of carbonyl (C=O) groups is 1. The van der Waals surface area contributed by atoms with Crippen molar-refractivity contribution in [2.24, 2.45) is 5.73 Å². The molecule has 6 heteroatoms. The monoisotopic (exact) mass is 404 g/mol. The fourth-order valence-corrected chi connectivity index (χ4v) is 3.17. The summed E-state index contributed by atoms with van der Waals surface area (Å²) < 4.78 is 11.6. The lowest BCUT2D eigenvalue weighted by Crippen LogP contribution is -2.41. The lowest BCUT2D eigenvalue weighted by Gasteiger charge is -2.17. The molecule has 0 bridgehead atoms. The second-order valence-electron chi connectivity index (χ2n) is 7.07. The van der Waals surface area contributed by atoms with Crippen LogP contribution in [0.2, 0.25) is 0 Å². The van der Waals surface area contributed by atoms with Crippen LogP contribution < -0.4 is 15.8 Å². The average molecular weight is 405 g/mol. The van der Waals surface area contributed by atoms with Gasteiger partial charge >= 0.3 is 0 Å². The van der Waals surface area contributed by atoms with E-state index in [0.29, 0.717) is 19.6 Å². The smallest absolute Gasteiger partial charge is 0.237 e. The highest BCUT2D eigenvalue weighted by atomic mass is 35.5. The van der Waals surface area contributed by atoms with E-state index in [-0.39, 0.29) is 24.4 Å².